The summed E-state index contributed by atoms with van der Waals surface area (Å²) in [5, 5.41) is 18.4. The van der Waals surface area contributed by atoms with Crippen molar-refractivity contribution in [1.82, 2.24) is 4.90 Å². The molecule has 0 fully saturated rings. The molecule has 1 aromatic carbocycles. The molecular weight excluding hydrogens is 241 g/mol. The van der Waals surface area contributed by atoms with Crippen LogP contribution in [0.3, 0.4) is 0 Å². The normalized spacial score (nSPS) is 11.3. The fraction of sp³-hybridized carbons (Fsp3) is 0.571. The highest BCUT2D eigenvalue weighted by molar-refractivity contribution is 6.58. The van der Waals surface area contributed by atoms with Crippen LogP contribution in [0.1, 0.15) is 19.4 Å². The van der Waals surface area contributed by atoms with Gasteiger partial charge < -0.3 is 14.8 Å². The molecule has 106 valence electrons. The second-order valence-corrected chi connectivity index (χ2v) is 5.24. The lowest BCUT2D eigenvalue weighted by Crippen LogP contribution is -2.33. The van der Waals surface area contributed by atoms with Crippen LogP contribution in [0.15, 0.2) is 24.3 Å². The van der Waals surface area contributed by atoms with E-state index in [-0.39, 0.29) is 0 Å². The van der Waals surface area contributed by atoms with Crippen molar-refractivity contribution in [3.8, 4) is 0 Å². The predicted molar refractivity (Wildman–Crippen MR) is 78.3 cm³/mol. The van der Waals surface area contributed by atoms with Gasteiger partial charge in [-0.15, -0.1) is 0 Å². The van der Waals surface area contributed by atoms with E-state index in [2.05, 4.69) is 18.7 Å². The third-order valence-electron chi connectivity index (χ3n) is 2.89. The molecule has 0 unspecified atom stereocenters. The number of nitrogens with zero attached hydrogens (tertiary/aromatic N) is 1. The van der Waals surface area contributed by atoms with Crippen LogP contribution in [0.2, 0.25) is 0 Å². The van der Waals surface area contributed by atoms with E-state index in [1.807, 2.05) is 18.2 Å². The fourth-order valence-electron chi connectivity index (χ4n) is 2.08. The van der Waals surface area contributed by atoms with Gasteiger partial charge in [0.2, 0.25) is 0 Å². The van der Waals surface area contributed by atoms with Crippen molar-refractivity contribution in [2.45, 2.75) is 20.4 Å². The minimum absolute atomic E-state index is 0.536. The first-order chi connectivity index (χ1) is 9.02. The van der Waals surface area contributed by atoms with Crippen LogP contribution in [0, 0.1) is 5.92 Å². The van der Waals surface area contributed by atoms with Gasteiger partial charge in [0, 0.05) is 26.7 Å². The van der Waals surface area contributed by atoms with Crippen molar-refractivity contribution in [3.05, 3.63) is 29.8 Å². The van der Waals surface area contributed by atoms with E-state index in [0.29, 0.717) is 18.0 Å². The molecule has 0 radical (unpaired) electrons. The Morgan fingerprint density at radius 1 is 1.32 bits per heavy atom. The molecule has 0 saturated carbocycles. The van der Waals surface area contributed by atoms with E-state index in [9.17, 15) is 10.0 Å². The summed E-state index contributed by atoms with van der Waals surface area (Å²) in [6, 6.07) is 7.42. The first-order valence-corrected chi connectivity index (χ1v) is 6.69. The molecule has 0 aromatic heterocycles. The number of benzene rings is 1. The van der Waals surface area contributed by atoms with Crippen molar-refractivity contribution >= 4 is 12.6 Å². The smallest absolute Gasteiger partial charge is 0.423 e. The first-order valence-electron chi connectivity index (χ1n) is 6.69. The molecule has 0 heterocycles. The second kappa shape index (κ2) is 8.33. The largest absolute Gasteiger partial charge is 0.488 e. The van der Waals surface area contributed by atoms with Crippen LogP contribution in [0.4, 0.5) is 0 Å². The Balaban J connectivity index is 2.68. The molecule has 1 rings (SSSR count). The molecule has 5 heteroatoms. The summed E-state index contributed by atoms with van der Waals surface area (Å²) in [4.78, 5) is 2.32. The SMILES string of the molecule is COCCN(Cc1cccc(B(O)O)c1)CC(C)C. The average Bonchev–Trinajstić information content (AvgIpc) is 2.35. The molecule has 2 N–H and O–H groups in total. The molecule has 0 aliphatic carbocycles. The van der Waals surface area contributed by atoms with Gasteiger partial charge in [-0.2, -0.15) is 0 Å². The lowest BCUT2D eigenvalue weighted by atomic mass is 9.79. The highest BCUT2D eigenvalue weighted by Gasteiger charge is 2.13. The Bertz CT molecular complexity index is 371. The Hall–Kier alpha value is -0.875. The molecule has 0 atom stereocenters. The van der Waals surface area contributed by atoms with Crippen molar-refractivity contribution in [1.29, 1.82) is 0 Å². The van der Waals surface area contributed by atoms with Crippen molar-refractivity contribution in [3.63, 3.8) is 0 Å². The summed E-state index contributed by atoms with van der Waals surface area (Å²) in [6.07, 6.45) is 0. The fourth-order valence-corrected chi connectivity index (χ4v) is 2.08. The second-order valence-electron chi connectivity index (χ2n) is 5.24. The van der Waals surface area contributed by atoms with Crippen LogP contribution in [-0.4, -0.2) is 48.9 Å². The summed E-state index contributed by atoms with van der Waals surface area (Å²) >= 11 is 0. The minimum Gasteiger partial charge on any atom is -0.423 e. The van der Waals surface area contributed by atoms with Gasteiger partial charge in [0.25, 0.3) is 0 Å². The minimum atomic E-state index is -1.41. The Morgan fingerprint density at radius 3 is 2.63 bits per heavy atom. The molecule has 1 aromatic rings. The molecule has 0 saturated heterocycles. The quantitative estimate of drug-likeness (QED) is 0.671. The lowest BCUT2D eigenvalue weighted by molar-refractivity contribution is 0.136. The van der Waals surface area contributed by atoms with Crippen LogP contribution in [0.25, 0.3) is 0 Å². The van der Waals surface area contributed by atoms with Crippen molar-refractivity contribution in [2.75, 3.05) is 26.8 Å². The topological polar surface area (TPSA) is 52.9 Å². The third-order valence-corrected chi connectivity index (χ3v) is 2.89. The van der Waals surface area contributed by atoms with Gasteiger partial charge in [-0.25, -0.2) is 0 Å². The summed E-state index contributed by atoms with van der Waals surface area (Å²) in [5.74, 6) is 0.587. The molecule has 0 amide bonds. The number of hydrogen-bond donors (Lipinski definition) is 2. The highest BCUT2D eigenvalue weighted by Crippen LogP contribution is 2.06. The molecule has 0 bridgehead atoms. The molecule has 0 aliphatic heterocycles. The van der Waals surface area contributed by atoms with Gasteiger partial charge in [0.05, 0.1) is 6.61 Å². The predicted octanol–water partition coefficient (Wildman–Crippen LogP) is 0.471. The first kappa shape index (κ1) is 16.2. The molecule has 4 nitrogen and oxygen atoms in total. The van der Waals surface area contributed by atoms with E-state index in [1.54, 1.807) is 13.2 Å². The van der Waals surface area contributed by atoms with Crippen LogP contribution in [0.5, 0.6) is 0 Å². The number of hydrogen-bond acceptors (Lipinski definition) is 4. The zero-order valence-corrected chi connectivity index (χ0v) is 12.0. The van der Waals surface area contributed by atoms with E-state index < -0.39 is 7.12 Å². The maximum Gasteiger partial charge on any atom is 0.488 e. The third kappa shape index (κ3) is 6.21. The average molecular weight is 265 g/mol. The van der Waals surface area contributed by atoms with E-state index in [0.717, 1.165) is 25.2 Å². The Labute approximate surface area is 116 Å². The number of ether oxygens (including phenoxy) is 1. The summed E-state index contributed by atoms with van der Waals surface area (Å²) in [5.41, 5.74) is 1.62. The zero-order chi connectivity index (χ0) is 14.3. The monoisotopic (exact) mass is 265 g/mol. The van der Waals surface area contributed by atoms with Crippen LogP contribution in [-0.2, 0) is 11.3 Å². The van der Waals surface area contributed by atoms with Gasteiger partial charge in [-0.05, 0) is 16.9 Å². The van der Waals surface area contributed by atoms with Gasteiger partial charge in [0.1, 0.15) is 0 Å². The maximum absolute atomic E-state index is 9.19. The Morgan fingerprint density at radius 2 is 2.05 bits per heavy atom. The highest BCUT2D eigenvalue weighted by atomic mass is 16.5. The summed E-state index contributed by atoms with van der Waals surface area (Å²) in [6.45, 7) is 7.74. The van der Waals surface area contributed by atoms with Crippen LogP contribution < -0.4 is 5.46 Å². The summed E-state index contributed by atoms with van der Waals surface area (Å²) in [7, 11) is 0.300. The van der Waals surface area contributed by atoms with Gasteiger partial charge >= 0.3 is 7.12 Å². The van der Waals surface area contributed by atoms with Crippen molar-refractivity contribution in [2.24, 2.45) is 5.92 Å². The Kier molecular flexibility index (Phi) is 7.09. The van der Waals surface area contributed by atoms with E-state index in [4.69, 9.17) is 4.74 Å². The van der Waals surface area contributed by atoms with E-state index >= 15 is 0 Å². The molecular formula is C14H24BNO3. The maximum atomic E-state index is 9.19. The number of methoxy groups -OCH3 is 1. The van der Waals surface area contributed by atoms with Gasteiger partial charge in [-0.3, -0.25) is 4.90 Å². The van der Waals surface area contributed by atoms with Crippen molar-refractivity contribution < 1.29 is 14.8 Å². The molecule has 19 heavy (non-hydrogen) atoms. The standard InChI is InChI=1S/C14H24BNO3/c1-12(2)10-16(7-8-19-3)11-13-5-4-6-14(9-13)15(17)18/h4-6,9,12,17-18H,7-8,10-11H2,1-3H3. The molecule has 0 spiro atoms. The van der Waals surface area contributed by atoms with Gasteiger partial charge in [-0.1, -0.05) is 38.1 Å². The zero-order valence-electron chi connectivity index (χ0n) is 12.0. The number of rotatable bonds is 8. The molecule has 0 aliphatic rings. The van der Waals surface area contributed by atoms with E-state index in [1.165, 1.54) is 0 Å². The van der Waals surface area contributed by atoms with Crippen LogP contribution >= 0.6 is 0 Å². The summed E-state index contributed by atoms with van der Waals surface area (Å²) < 4.78 is 5.13. The van der Waals surface area contributed by atoms with Gasteiger partial charge in [0.15, 0.2) is 0 Å². The lowest BCUT2D eigenvalue weighted by Gasteiger charge is -2.24.